The number of carboxylic acid groups (broad SMARTS) is 1. The van der Waals surface area contributed by atoms with E-state index in [1.54, 1.807) is 6.07 Å². The molecule has 3 unspecified atom stereocenters. The number of carbonyl (C=O) groups excluding carboxylic acids is 1. The topological polar surface area (TPSA) is 92.9 Å². The van der Waals surface area contributed by atoms with Gasteiger partial charge < -0.3 is 15.6 Å². The maximum absolute atomic E-state index is 14.5. The summed E-state index contributed by atoms with van der Waals surface area (Å²) in [4.78, 5) is 24.7. The van der Waals surface area contributed by atoms with Gasteiger partial charge in [-0.1, -0.05) is 19.4 Å². The highest BCUT2D eigenvalue weighted by molar-refractivity contribution is 5.90. The van der Waals surface area contributed by atoms with Gasteiger partial charge in [0.1, 0.15) is 11.9 Å². The Kier molecular flexibility index (Phi) is 3.75. The lowest BCUT2D eigenvalue weighted by molar-refractivity contribution is -0.140. The fourth-order valence-electron chi connectivity index (χ4n) is 3.42. The summed E-state index contributed by atoms with van der Waals surface area (Å²) < 4.78 is 19.6. The van der Waals surface area contributed by atoms with E-state index in [9.17, 15) is 19.1 Å². The van der Waals surface area contributed by atoms with Crippen LogP contribution in [-0.2, 0) is 14.9 Å². The van der Waals surface area contributed by atoms with Crippen molar-refractivity contribution in [2.24, 2.45) is 11.7 Å². The van der Waals surface area contributed by atoms with Gasteiger partial charge in [-0.2, -0.15) is 0 Å². The van der Waals surface area contributed by atoms with E-state index in [1.807, 2.05) is 6.92 Å². The minimum Gasteiger partial charge on any atom is -0.481 e. The van der Waals surface area contributed by atoms with Crippen LogP contribution in [0.5, 0.6) is 0 Å². The fraction of sp³-hybridized carbons (Fsp3) is 0.500. The molecule has 3 N–H and O–H groups in total. The highest BCUT2D eigenvalue weighted by Gasteiger charge is 2.61. The van der Waals surface area contributed by atoms with Crippen LogP contribution in [0.3, 0.4) is 0 Å². The van der Waals surface area contributed by atoms with Crippen molar-refractivity contribution in [3.05, 3.63) is 29.6 Å². The van der Waals surface area contributed by atoms with Crippen molar-refractivity contribution in [2.75, 3.05) is 18.0 Å². The van der Waals surface area contributed by atoms with E-state index in [1.165, 1.54) is 17.0 Å². The van der Waals surface area contributed by atoms with Crippen LogP contribution in [0.15, 0.2) is 18.2 Å². The second-order valence-corrected chi connectivity index (χ2v) is 6.10. The van der Waals surface area contributed by atoms with Crippen LogP contribution in [0.1, 0.15) is 25.3 Å². The molecule has 3 atom stereocenters. The zero-order valence-electron chi connectivity index (χ0n) is 12.8. The Morgan fingerprint density at radius 1 is 1.57 bits per heavy atom. The zero-order valence-corrected chi connectivity index (χ0v) is 12.8. The van der Waals surface area contributed by atoms with Gasteiger partial charge in [-0.05, 0) is 24.5 Å². The third kappa shape index (κ3) is 2.35. The van der Waals surface area contributed by atoms with Crippen molar-refractivity contribution in [2.45, 2.75) is 31.3 Å². The number of rotatable bonds is 5. The number of hydrogen-bond acceptors (Lipinski definition) is 4. The molecule has 0 bridgehead atoms. The van der Waals surface area contributed by atoms with Crippen molar-refractivity contribution in [1.82, 2.24) is 0 Å². The first-order valence-electron chi connectivity index (χ1n) is 7.65. The molecule has 23 heavy (non-hydrogen) atoms. The number of benzene rings is 1. The van der Waals surface area contributed by atoms with Crippen molar-refractivity contribution in [3.8, 4) is 0 Å². The molecule has 1 saturated carbocycles. The first-order valence-corrected chi connectivity index (χ1v) is 7.65. The minimum atomic E-state index is -1.14. The molecule has 2 fully saturated rings. The Labute approximate surface area is 133 Å². The SMILES string of the molecule is CCC1CC1(C(=O)O)c1ccc(N2CC(CN)OC2=O)cc1F. The number of nitrogens with two attached hydrogens (primary N) is 1. The molecule has 1 aliphatic carbocycles. The van der Waals surface area contributed by atoms with Gasteiger partial charge in [0, 0.05) is 12.1 Å². The van der Waals surface area contributed by atoms with Crippen LogP contribution < -0.4 is 10.6 Å². The number of carboxylic acids is 1. The molecule has 1 aromatic carbocycles. The molecule has 1 amide bonds. The predicted molar refractivity (Wildman–Crippen MR) is 80.8 cm³/mol. The van der Waals surface area contributed by atoms with Crippen LogP contribution in [0, 0.1) is 11.7 Å². The lowest BCUT2D eigenvalue weighted by Gasteiger charge is -2.17. The molecule has 7 heteroatoms. The Bertz CT molecular complexity index is 665. The predicted octanol–water partition coefficient (Wildman–Crippen LogP) is 1.86. The van der Waals surface area contributed by atoms with E-state index in [0.29, 0.717) is 18.5 Å². The minimum absolute atomic E-state index is 0.0567. The maximum atomic E-state index is 14.5. The van der Waals surface area contributed by atoms with Crippen LogP contribution in [-0.4, -0.2) is 36.4 Å². The van der Waals surface area contributed by atoms with Gasteiger partial charge in [0.25, 0.3) is 0 Å². The number of halogens is 1. The number of anilines is 1. The fourth-order valence-corrected chi connectivity index (χ4v) is 3.42. The average molecular weight is 322 g/mol. The second kappa shape index (κ2) is 5.49. The summed E-state index contributed by atoms with van der Waals surface area (Å²) in [5.74, 6) is -1.66. The lowest BCUT2D eigenvalue weighted by Crippen LogP contribution is -2.28. The molecular formula is C16H19FN2O4. The molecule has 3 rings (SSSR count). The molecule has 6 nitrogen and oxygen atoms in total. The standard InChI is InChI=1S/C16H19FN2O4/c1-2-9-6-16(9,14(20)21)12-4-3-10(5-13(12)17)19-8-11(7-18)23-15(19)22/h3-5,9,11H,2,6-8,18H2,1H3,(H,20,21). The summed E-state index contributed by atoms with van der Waals surface area (Å²) in [6.45, 7) is 2.35. The molecule has 1 aliphatic heterocycles. The van der Waals surface area contributed by atoms with E-state index < -0.39 is 29.4 Å². The molecule has 2 aliphatic rings. The van der Waals surface area contributed by atoms with E-state index in [-0.39, 0.29) is 24.6 Å². The monoisotopic (exact) mass is 322 g/mol. The Morgan fingerprint density at radius 3 is 2.78 bits per heavy atom. The average Bonchev–Trinajstić information content (AvgIpc) is 3.15. The van der Waals surface area contributed by atoms with Crippen LogP contribution in [0.4, 0.5) is 14.9 Å². The summed E-state index contributed by atoms with van der Waals surface area (Å²) in [5.41, 5.74) is 4.87. The van der Waals surface area contributed by atoms with Crippen molar-refractivity contribution in [1.29, 1.82) is 0 Å². The van der Waals surface area contributed by atoms with Gasteiger partial charge >= 0.3 is 12.1 Å². The van der Waals surface area contributed by atoms with E-state index in [0.717, 1.165) is 0 Å². The van der Waals surface area contributed by atoms with Gasteiger partial charge in [-0.15, -0.1) is 0 Å². The summed E-state index contributed by atoms with van der Waals surface area (Å²) >= 11 is 0. The number of carbonyl (C=O) groups is 2. The van der Waals surface area contributed by atoms with Gasteiger partial charge in [-0.25, -0.2) is 9.18 Å². The second-order valence-electron chi connectivity index (χ2n) is 6.10. The van der Waals surface area contributed by atoms with Gasteiger partial charge in [0.2, 0.25) is 0 Å². The molecule has 124 valence electrons. The van der Waals surface area contributed by atoms with Gasteiger partial charge in [0.05, 0.1) is 17.6 Å². The van der Waals surface area contributed by atoms with Crippen LogP contribution in [0.25, 0.3) is 0 Å². The third-order valence-electron chi connectivity index (χ3n) is 4.86. The summed E-state index contributed by atoms with van der Waals surface area (Å²) in [7, 11) is 0. The van der Waals surface area contributed by atoms with Crippen LogP contribution in [0.2, 0.25) is 0 Å². The Morgan fingerprint density at radius 2 is 2.30 bits per heavy atom. The van der Waals surface area contributed by atoms with E-state index >= 15 is 0 Å². The van der Waals surface area contributed by atoms with Crippen molar-refractivity contribution in [3.63, 3.8) is 0 Å². The molecule has 1 saturated heterocycles. The quantitative estimate of drug-likeness (QED) is 0.863. The lowest BCUT2D eigenvalue weighted by atomic mass is 9.91. The normalized spacial score (nSPS) is 29.5. The van der Waals surface area contributed by atoms with E-state index in [4.69, 9.17) is 10.5 Å². The molecule has 1 heterocycles. The Balaban J connectivity index is 1.90. The summed E-state index contributed by atoms with van der Waals surface area (Å²) in [5, 5.41) is 9.51. The smallest absolute Gasteiger partial charge is 0.414 e. The van der Waals surface area contributed by atoms with E-state index in [2.05, 4.69) is 0 Å². The number of amides is 1. The largest absolute Gasteiger partial charge is 0.481 e. The summed E-state index contributed by atoms with van der Waals surface area (Å²) in [6, 6.07) is 4.23. The maximum Gasteiger partial charge on any atom is 0.414 e. The molecular weight excluding hydrogens is 303 g/mol. The number of hydrogen-bond donors (Lipinski definition) is 2. The number of ether oxygens (including phenoxy) is 1. The summed E-state index contributed by atoms with van der Waals surface area (Å²) in [6.07, 6.45) is 0.141. The van der Waals surface area contributed by atoms with Crippen LogP contribution >= 0.6 is 0 Å². The van der Waals surface area contributed by atoms with Crippen molar-refractivity contribution >= 4 is 17.7 Å². The van der Waals surface area contributed by atoms with Gasteiger partial charge in [0.15, 0.2) is 0 Å². The first kappa shape index (κ1) is 15.7. The highest BCUT2D eigenvalue weighted by Crippen LogP contribution is 2.57. The Hall–Kier alpha value is -2.15. The first-order chi connectivity index (χ1) is 10.9. The highest BCUT2D eigenvalue weighted by atomic mass is 19.1. The molecule has 0 radical (unpaired) electrons. The van der Waals surface area contributed by atoms with Gasteiger partial charge in [-0.3, -0.25) is 9.69 Å². The molecule has 0 spiro atoms. The number of nitrogens with zero attached hydrogens (tertiary/aromatic N) is 1. The zero-order chi connectivity index (χ0) is 16.8. The molecule has 0 aromatic heterocycles. The molecule has 1 aromatic rings. The third-order valence-corrected chi connectivity index (χ3v) is 4.86. The number of aliphatic carboxylic acids is 1. The number of cyclic esters (lactones) is 1. The van der Waals surface area contributed by atoms with Crippen molar-refractivity contribution < 1.29 is 23.8 Å².